The van der Waals surface area contributed by atoms with Crippen molar-refractivity contribution < 1.29 is 9.53 Å². The molecule has 3 nitrogen and oxygen atoms in total. The molecule has 0 aromatic carbocycles. The van der Waals surface area contributed by atoms with Crippen LogP contribution in [-0.4, -0.2) is 24.4 Å². The first-order valence-corrected chi connectivity index (χ1v) is 3.12. The Bertz CT molecular complexity index is 105. The highest BCUT2D eigenvalue weighted by atomic mass is 32.1. The number of hydrogen-bond donors (Lipinski definition) is 2. The molecule has 54 valence electrons. The normalized spacial score (nSPS) is 16.4. The molecule has 0 aliphatic rings. The predicted octanol–water partition coefficient (Wildman–Crippen LogP) is -0.195. The molecule has 0 heterocycles. The van der Waals surface area contributed by atoms with Crippen LogP contribution in [0.3, 0.4) is 0 Å². The minimum absolute atomic E-state index is 0.155. The van der Waals surface area contributed by atoms with Crippen LogP contribution in [0.5, 0.6) is 0 Å². The van der Waals surface area contributed by atoms with Crippen molar-refractivity contribution in [2.45, 2.75) is 18.2 Å². The smallest absolute Gasteiger partial charge is 0.323 e. The number of carbonyl (C=O) groups is 1. The summed E-state index contributed by atoms with van der Waals surface area (Å²) in [6, 6.07) is -0.613. The lowest BCUT2D eigenvalue weighted by atomic mass is 10.2. The monoisotopic (exact) mass is 149 g/mol. The first-order chi connectivity index (χ1) is 4.09. The van der Waals surface area contributed by atoms with Gasteiger partial charge in [-0.05, 0) is 0 Å². The van der Waals surface area contributed by atoms with Crippen molar-refractivity contribution in [2.24, 2.45) is 5.73 Å². The summed E-state index contributed by atoms with van der Waals surface area (Å²) in [7, 11) is 1.30. The molecule has 0 rings (SSSR count). The molecule has 0 fully saturated rings. The van der Waals surface area contributed by atoms with Crippen LogP contribution in [0.2, 0.25) is 0 Å². The van der Waals surface area contributed by atoms with E-state index in [0.29, 0.717) is 0 Å². The molecule has 0 aromatic heterocycles. The molecule has 0 aliphatic heterocycles. The van der Waals surface area contributed by atoms with Crippen LogP contribution >= 0.6 is 12.6 Å². The summed E-state index contributed by atoms with van der Waals surface area (Å²) in [6.45, 7) is 1.74. The van der Waals surface area contributed by atoms with Crippen molar-refractivity contribution in [3.8, 4) is 0 Å². The van der Waals surface area contributed by atoms with Crippen LogP contribution in [0.15, 0.2) is 0 Å². The number of nitrogens with two attached hydrogens (primary N) is 1. The zero-order chi connectivity index (χ0) is 7.44. The molecule has 0 radical (unpaired) electrons. The number of methoxy groups -OCH3 is 1. The third-order valence-corrected chi connectivity index (χ3v) is 1.31. The highest BCUT2D eigenvalue weighted by Gasteiger charge is 2.17. The number of esters is 1. The van der Waals surface area contributed by atoms with E-state index in [1.54, 1.807) is 6.92 Å². The lowest BCUT2D eigenvalue weighted by Crippen LogP contribution is -2.38. The van der Waals surface area contributed by atoms with Crippen molar-refractivity contribution in [1.82, 2.24) is 0 Å². The van der Waals surface area contributed by atoms with Crippen molar-refractivity contribution in [3.63, 3.8) is 0 Å². The summed E-state index contributed by atoms with van der Waals surface area (Å²) in [4.78, 5) is 10.6. The average molecular weight is 149 g/mol. The van der Waals surface area contributed by atoms with Gasteiger partial charge in [0.15, 0.2) is 0 Å². The summed E-state index contributed by atoms with van der Waals surface area (Å²) < 4.78 is 4.36. The van der Waals surface area contributed by atoms with Gasteiger partial charge < -0.3 is 10.5 Å². The predicted molar refractivity (Wildman–Crippen MR) is 38.4 cm³/mol. The van der Waals surface area contributed by atoms with E-state index in [2.05, 4.69) is 17.4 Å². The summed E-state index contributed by atoms with van der Waals surface area (Å²) in [6.07, 6.45) is 0. The third-order valence-electron chi connectivity index (χ3n) is 0.993. The SMILES string of the molecule is COC(=O)[C@@H](N)C(C)S. The van der Waals surface area contributed by atoms with Crippen LogP contribution < -0.4 is 5.73 Å². The molecule has 0 aliphatic carbocycles. The minimum atomic E-state index is -0.613. The van der Waals surface area contributed by atoms with Gasteiger partial charge in [0.2, 0.25) is 0 Å². The van der Waals surface area contributed by atoms with Gasteiger partial charge in [-0.3, -0.25) is 4.79 Å². The average Bonchev–Trinajstić information content (AvgIpc) is 1.84. The number of carbonyl (C=O) groups excluding carboxylic acids is 1. The molecule has 0 spiro atoms. The fourth-order valence-electron chi connectivity index (χ4n) is 0.333. The Morgan fingerprint density at radius 1 is 1.78 bits per heavy atom. The summed E-state index contributed by atoms with van der Waals surface area (Å²) >= 11 is 3.96. The lowest BCUT2D eigenvalue weighted by Gasteiger charge is -2.10. The summed E-state index contributed by atoms with van der Waals surface area (Å²) in [5.41, 5.74) is 5.32. The lowest BCUT2D eigenvalue weighted by molar-refractivity contribution is -0.142. The minimum Gasteiger partial charge on any atom is -0.468 e. The quantitative estimate of drug-likeness (QED) is 0.422. The van der Waals surface area contributed by atoms with Gasteiger partial charge in [0.05, 0.1) is 7.11 Å². The van der Waals surface area contributed by atoms with Gasteiger partial charge in [-0.15, -0.1) is 0 Å². The van der Waals surface area contributed by atoms with Crippen LogP contribution in [0.25, 0.3) is 0 Å². The van der Waals surface area contributed by atoms with Gasteiger partial charge in [0.25, 0.3) is 0 Å². The fourth-order valence-corrected chi connectivity index (χ4v) is 0.455. The van der Waals surface area contributed by atoms with Gasteiger partial charge in [-0.1, -0.05) is 6.92 Å². The van der Waals surface area contributed by atoms with Crippen molar-refractivity contribution >= 4 is 18.6 Å². The van der Waals surface area contributed by atoms with E-state index >= 15 is 0 Å². The Hall–Kier alpha value is -0.220. The topological polar surface area (TPSA) is 52.3 Å². The molecule has 4 heteroatoms. The second kappa shape index (κ2) is 3.74. The maximum atomic E-state index is 10.6. The zero-order valence-electron chi connectivity index (χ0n) is 5.50. The van der Waals surface area contributed by atoms with Gasteiger partial charge >= 0.3 is 5.97 Å². The third kappa shape index (κ3) is 2.72. The molecule has 1 unspecified atom stereocenters. The molecule has 0 aromatic rings. The van der Waals surface area contributed by atoms with Crippen LogP contribution in [0, 0.1) is 0 Å². The van der Waals surface area contributed by atoms with Gasteiger partial charge in [-0.25, -0.2) is 0 Å². The van der Waals surface area contributed by atoms with Crippen LogP contribution in [0.4, 0.5) is 0 Å². The second-order valence-electron chi connectivity index (χ2n) is 1.79. The van der Waals surface area contributed by atoms with E-state index < -0.39 is 12.0 Å². The Morgan fingerprint density at radius 3 is 2.33 bits per heavy atom. The van der Waals surface area contributed by atoms with E-state index in [0.717, 1.165) is 0 Å². The maximum absolute atomic E-state index is 10.6. The van der Waals surface area contributed by atoms with Gasteiger partial charge in [-0.2, -0.15) is 12.6 Å². The molecular formula is C5H11NO2S. The summed E-state index contributed by atoms with van der Waals surface area (Å²) in [5.74, 6) is -0.419. The zero-order valence-corrected chi connectivity index (χ0v) is 6.39. The molecule has 0 saturated heterocycles. The molecular weight excluding hydrogens is 138 g/mol. The van der Waals surface area contributed by atoms with Crippen LogP contribution in [-0.2, 0) is 9.53 Å². The van der Waals surface area contributed by atoms with Crippen molar-refractivity contribution in [1.29, 1.82) is 0 Å². The molecule has 0 bridgehead atoms. The Labute approximate surface area is 60.0 Å². The largest absolute Gasteiger partial charge is 0.468 e. The summed E-state index contributed by atoms with van der Waals surface area (Å²) in [5, 5.41) is -0.155. The maximum Gasteiger partial charge on any atom is 0.323 e. The highest BCUT2D eigenvalue weighted by molar-refractivity contribution is 7.81. The van der Waals surface area contributed by atoms with E-state index in [-0.39, 0.29) is 5.25 Å². The van der Waals surface area contributed by atoms with Gasteiger partial charge in [0.1, 0.15) is 6.04 Å². The van der Waals surface area contributed by atoms with E-state index in [9.17, 15) is 4.79 Å². The Balaban J connectivity index is 3.72. The number of thiol groups is 1. The standard InChI is InChI=1S/C5H11NO2S/c1-3(9)4(6)5(7)8-2/h3-4,9H,6H2,1-2H3/t3?,4-/m0/s1. The molecule has 0 amide bonds. The van der Waals surface area contributed by atoms with Crippen molar-refractivity contribution in [3.05, 3.63) is 0 Å². The first kappa shape index (κ1) is 8.78. The Kier molecular flexibility index (Phi) is 3.65. The van der Waals surface area contributed by atoms with Gasteiger partial charge in [0, 0.05) is 5.25 Å². The number of ether oxygens (including phenoxy) is 1. The Morgan fingerprint density at radius 2 is 2.22 bits per heavy atom. The molecule has 2 N–H and O–H groups in total. The molecule has 2 atom stereocenters. The van der Waals surface area contributed by atoms with E-state index in [1.807, 2.05) is 0 Å². The van der Waals surface area contributed by atoms with Crippen LogP contribution in [0.1, 0.15) is 6.92 Å². The number of hydrogen-bond acceptors (Lipinski definition) is 4. The fraction of sp³-hybridized carbons (Fsp3) is 0.800. The number of rotatable bonds is 2. The first-order valence-electron chi connectivity index (χ1n) is 2.61. The second-order valence-corrected chi connectivity index (χ2v) is 2.60. The van der Waals surface area contributed by atoms with E-state index in [1.165, 1.54) is 7.11 Å². The molecule has 0 saturated carbocycles. The van der Waals surface area contributed by atoms with E-state index in [4.69, 9.17) is 5.73 Å². The van der Waals surface area contributed by atoms with Crippen molar-refractivity contribution in [2.75, 3.05) is 7.11 Å². The highest BCUT2D eigenvalue weighted by Crippen LogP contribution is 1.98. The molecule has 9 heavy (non-hydrogen) atoms.